The van der Waals surface area contributed by atoms with Crippen LogP contribution in [0.5, 0.6) is 0 Å². The molecule has 7 heteroatoms. The number of aromatic nitrogens is 3. The van der Waals surface area contributed by atoms with Gasteiger partial charge in [0.2, 0.25) is 0 Å². The van der Waals surface area contributed by atoms with Crippen LogP contribution in [-0.4, -0.2) is 26.3 Å². The summed E-state index contributed by atoms with van der Waals surface area (Å²) >= 11 is 6.42. The van der Waals surface area contributed by atoms with Crippen LogP contribution in [0.25, 0.3) is 16.8 Å². The van der Waals surface area contributed by atoms with E-state index < -0.39 is 11.7 Å². The van der Waals surface area contributed by atoms with E-state index in [0.29, 0.717) is 29.1 Å². The van der Waals surface area contributed by atoms with Crippen LogP contribution in [0.4, 0.5) is 10.6 Å². The number of ether oxygens (including phenoxy) is 1. The molecule has 0 saturated heterocycles. The molecule has 34 heavy (non-hydrogen) atoms. The van der Waals surface area contributed by atoms with E-state index in [1.165, 1.54) is 0 Å². The summed E-state index contributed by atoms with van der Waals surface area (Å²) in [6.07, 6.45) is 3.61. The quantitative estimate of drug-likeness (QED) is 0.296. The average molecular weight is 475 g/mol. The van der Waals surface area contributed by atoms with E-state index in [2.05, 4.69) is 34.3 Å². The Morgan fingerprint density at radius 3 is 2.41 bits per heavy atom. The second kappa shape index (κ2) is 8.76. The largest absolute Gasteiger partial charge is 0.443 e. The third-order valence-corrected chi connectivity index (χ3v) is 5.95. The second-order valence-corrected chi connectivity index (χ2v) is 10.1. The molecule has 1 saturated carbocycles. The number of fused-ring (bicyclic) bond motifs is 1. The van der Waals surface area contributed by atoms with Crippen molar-refractivity contribution in [1.82, 2.24) is 14.6 Å². The molecule has 0 aliphatic heterocycles. The van der Waals surface area contributed by atoms with Gasteiger partial charge in [0.1, 0.15) is 16.6 Å². The number of carbonyl (C=O) groups excluding carboxylic acids is 1. The van der Waals surface area contributed by atoms with Gasteiger partial charge in [-0.25, -0.2) is 9.78 Å². The highest BCUT2D eigenvalue weighted by Crippen LogP contribution is 2.42. The molecule has 0 unspecified atom stereocenters. The van der Waals surface area contributed by atoms with Gasteiger partial charge in [-0.15, -0.1) is 0 Å². The standard InChI is InChI=1S/C27H27ClN4O2/c1-27(2,3)34-26(33)31(17-18-9-11-20(12-10-18)19-7-5-4-6-8-19)24-15-23(28)30-25-22(21-13-14-21)16-29-32(24)25/h4-12,15-16,21H,13-14,17H2,1-3H3. The van der Waals surface area contributed by atoms with E-state index >= 15 is 0 Å². The van der Waals surface area contributed by atoms with Crippen LogP contribution < -0.4 is 4.90 Å². The Hall–Kier alpha value is -3.38. The fraction of sp³-hybridized carbons (Fsp3) is 0.296. The summed E-state index contributed by atoms with van der Waals surface area (Å²) in [5.41, 5.74) is 4.33. The van der Waals surface area contributed by atoms with Gasteiger partial charge in [0.05, 0.1) is 12.7 Å². The molecule has 6 nitrogen and oxygen atoms in total. The Labute approximate surface area is 204 Å². The molecule has 5 rings (SSSR count). The maximum absolute atomic E-state index is 13.4. The third-order valence-electron chi connectivity index (χ3n) is 5.76. The van der Waals surface area contributed by atoms with Crippen LogP contribution in [0.15, 0.2) is 66.9 Å². The summed E-state index contributed by atoms with van der Waals surface area (Å²) in [6.45, 7) is 5.86. The van der Waals surface area contributed by atoms with Crippen LogP contribution in [-0.2, 0) is 11.3 Å². The fourth-order valence-electron chi connectivity index (χ4n) is 3.98. The lowest BCUT2D eigenvalue weighted by Gasteiger charge is -2.27. The number of amides is 1. The van der Waals surface area contributed by atoms with Crippen molar-refractivity contribution in [2.24, 2.45) is 0 Å². The summed E-state index contributed by atoms with van der Waals surface area (Å²) in [4.78, 5) is 19.4. The SMILES string of the molecule is CC(C)(C)OC(=O)N(Cc1ccc(-c2ccccc2)cc1)c1cc(Cl)nc2c(C3CC3)cnn12. The first-order valence-corrected chi connectivity index (χ1v) is 11.9. The zero-order valence-electron chi connectivity index (χ0n) is 19.5. The van der Waals surface area contributed by atoms with Crippen molar-refractivity contribution in [2.75, 3.05) is 4.90 Å². The molecular formula is C27H27ClN4O2. The minimum Gasteiger partial charge on any atom is -0.443 e. The first-order valence-electron chi connectivity index (χ1n) is 11.5. The Bertz CT molecular complexity index is 1320. The van der Waals surface area contributed by atoms with E-state index in [9.17, 15) is 4.79 Å². The molecule has 0 spiro atoms. The molecule has 1 amide bonds. The molecule has 0 N–H and O–H groups in total. The Kier molecular flexibility index (Phi) is 5.78. The van der Waals surface area contributed by atoms with Crippen LogP contribution in [0, 0.1) is 0 Å². The van der Waals surface area contributed by atoms with E-state index in [-0.39, 0.29) is 0 Å². The fourth-order valence-corrected chi connectivity index (χ4v) is 4.16. The van der Waals surface area contributed by atoms with E-state index in [1.54, 1.807) is 15.5 Å². The van der Waals surface area contributed by atoms with Gasteiger partial charge < -0.3 is 4.74 Å². The summed E-state index contributed by atoms with van der Waals surface area (Å²) < 4.78 is 7.45. The molecular weight excluding hydrogens is 448 g/mol. The molecule has 1 fully saturated rings. The van der Waals surface area contributed by atoms with Gasteiger partial charge >= 0.3 is 6.09 Å². The lowest BCUT2D eigenvalue weighted by molar-refractivity contribution is 0.0575. The number of nitrogens with zero attached hydrogens (tertiary/aromatic N) is 4. The number of benzene rings is 2. The highest BCUT2D eigenvalue weighted by atomic mass is 35.5. The van der Waals surface area contributed by atoms with Gasteiger partial charge in [-0.1, -0.05) is 66.2 Å². The highest BCUT2D eigenvalue weighted by molar-refractivity contribution is 6.29. The van der Waals surface area contributed by atoms with Crippen molar-refractivity contribution >= 4 is 29.2 Å². The number of anilines is 1. The monoisotopic (exact) mass is 474 g/mol. The van der Waals surface area contributed by atoms with Gasteiger partial charge in [-0.05, 0) is 56.2 Å². The number of hydrogen-bond acceptors (Lipinski definition) is 4. The molecule has 1 aliphatic rings. The van der Waals surface area contributed by atoms with Crippen LogP contribution in [0.1, 0.15) is 50.7 Å². The maximum atomic E-state index is 13.4. The van der Waals surface area contributed by atoms with E-state index in [1.807, 2.05) is 57.3 Å². The van der Waals surface area contributed by atoms with Crippen LogP contribution in [0.2, 0.25) is 5.15 Å². The summed E-state index contributed by atoms with van der Waals surface area (Å²) in [6, 6.07) is 20.0. The normalized spacial score (nSPS) is 13.8. The molecule has 0 radical (unpaired) electrons. The van der Waals surface area contributed by atoms with Crippen molar-refractivity contribution in [3.05, 3.63) is 83.1 Å². The highest BCUT2D eigenvalue weighted by Gasteiger charge is 2.31. The summed E-state index contributed by atoms with van der Waals surface area (Å²) in [5.74, 6) is 0.986. The topological polar surface area (TPSA) is 59.7 Å². The van der Waals surface area contributed by atoms with E-state index in [0.717, 1.165) is 35.1 Å². The number of rotatable bonds is 5. The lowest BCUT2D eigenvalue weighted by Crippen LogP contribution is -2.37. The Morgan fingerprint density at radius 1 is 1.09 bits per heavy atom. The van der Waals surface area contributed by atoms with Crippen LogP contribution in [0.3, 0.4) is 0 Å². The zero-order valence-corrected chi connectivity index (χ0v) is 20.3. The van der Waals surface area contributed by atoms with Gasteiger partial charge in [0.25, 0.3) is 0 Å². The van der Waals surface area contributed by atoms with Gasteiger partial charge in [0, 0.05) is 11.6 Å². The van der Waals surface area contributed by atoms with Gasteiger partial charge in [-0.2, -0.15) is 9.61 Å². The number of halogens is 1. The smallest absolute Gasteiger partial charge is 0.416 e. The maximum Gasteiger partial charge on any atom is 0.416 e. The van der Waals surface area contributed by atoms with Crippen molar-refractivity contribution in [1.29, 1.82) is 0 Å². The molecule has 0 atom stereocenters. The van der Waals surface area contributed by atoms with Crippen molar-refractivity contribution in [3.8, 4) is 11.1 Å². The molecule has 2 aromatic carbocycles. The lowest BCUT2D eigenvalue weighted by atomic mass is 10.0. The van der Waals surface area contributed by atoms with E-state index in [4.69, 9.17) is 16.3 Å². The minimum atomic E-state index is -0.647. The van der Waals surface area contributed by atoms with Gasteiger partial charge in [-0.3, -0.25) is 4.90 Å². The molecule has 0 bridgehead atoms. The molecule has 2 heterocycles. The van der Waals surface area contributed by atoms with Crippen molar-refractivity contribution in [2.45, 2.75) is 51.7 Å². The molecule has 4 aromatic rings. The molecule has 2 aromatic heterocycles. The predicted octanol–water partition coefficient (Wildman–Crippen LogP) is 6.87. The molecule has 174 valence electrons. The molecule has 1 aliphatic carbocycles. The first kappa shape index (κ1) is 22.4. The van der Waals surface area contributed by atoms with Crippen molar-refractivity contribution in [3.63, 3.8) is 0 Å². The summed E-state index contributed by atoms with van der Waals surface area (Å²) in [7, 11) is 0. The first-order chi connectivity index (χ1) is 16.3. The number of hydrogen-bond donors (Lipinski definition) is 0. The third kappa shape index (κ3) is 4.77. The average Bonchev–Trinajstić information content (AvgIpc) is 3.56. The second-order valence-electron chi connectivity index (χ2n) is 9.68. The summed E-state index contributed by atoms with van der Waals surface area (Å²) in [5, 5.41) is 4.88. The minimum absolute atomic E-state index is 0.304. The Morgan fingerprint density at radius 2 is 1.76 bits per heavy atom. The van der Waals surface area contributed by atoms with Gasteiger partial charge in [0.15, 0.2) is 5.65 Å². The van der Waals surface area contributed by atoms with Crippen LogP contribution >= 0.6 is 11.6 Å². The predicted molar refractivity (Wildman–Crippen MR) is 134 cm³/mol. The zero-order chi connectivity index (χ0) is 23.9. The van der Waals surface area contributed by atoms with Crippen molar-refractivity contribution < 1.29 is 9.53 Å². The number of carbonyl (C=O) groups is 1. The Balaban J connectivity index is 1.52.